The Bertz CT molecular complexity index is 1070. The molecule has 6 nitrogen and oxygen atoms in total. The van der Waals surface area contributed by atoms with Crippen LogP contribution in [-0.2, 0) is 34.7 Å². The van der Waals surface area contributed by atoms with Crippen LogP contribution in [0.15, 0.2) is 59.8 Å². The van der Waals surface area contributed by atoms with Gasteiger partial charge in [-0.15, -0.1) is 10.2 Å². The number of benzene rings is 2. The number of carbonyl (C=O) groups is 1. The molecule has 0 radical (unpaired) electrons. The zero-order chi connectivity index (χ0) is 24.3. The maximum Gasteiger partial charge on any atom is 0.220 e. The smallest absolute Gasteiger partial charge is 0.220 e. The summed E-state index contributed by atoms with van der Waals surface area (Å²) in [6, 6.07) is 18.4. The van der Waals surface area contributed by atoms with Crippen LogP contribution in [0.4, 0.5) is 0 Å². The van der Waals surface area contributed by atoms with Gasteiger partial charge in [0.05, 0.1) is 6.10 Å². The number of aryl methyl sites for hydroxylation is 2. The standard InChI is InChI=1S/C27H33ClN4O2S/c28-23-11-6-10-22(18-23)20-35-27-31-30-25(32(27)16-15-21-8-2-1-3-9-21)13-4-5-14-26(33)29-19-24-12-7-17-34-24/h1-3,6,8-11,18,24H,4-5,7,12-17,19-20H2,(H,29,33). The Hall–Kier alpha value is -2.35. The van der Waals surface area contributed by atoms with Gasteiger partial charge < -0.3 is 14.6 Å². The van der Waals surface area contributed by atoms with Gasteiger partial charge in [0.15, 0.2) is 5.16 Å². The van der Waals surface area contributed by atoms with Crippen molar-refractivity contribution >= 4 is 29.3 Å². The van der Waals surface area contributed by atoms with Crippen molar-refractivity contribution < 1.29 is 9.53 Å². The summed E-state index contributed by atoms with van der Waals surface area (Å²) in [5, 5.41) is 13.7. The fourth-order valence-electron chi connectivity index (χ4n) is 4.19. The van der Waals surface area contributed by atoms with E-state index in [1.165, 1.54) is 5.56 Å². The molecule has 1 aromatic heterocycles. The molecule has 0 saturated carbocycles. The molecule has 1 aliphatic heterocycles. The fraction of sp³-hybridized carbons (Fsp3) is 0.444. The lowest BCUT2D eigenvalue weighted by molar-refractivity contribution is -0.121. The number of amides is 1. The third-order valence-corrected chi connectivity index (χ3v) is 7.40. The summed E-state index contributed by atoms with van der Waals surface area (Å²) in [5.41, 5.74) is 2.46. The average Bonchev–Trinajstić information content (AvgIpc) is 3.53. The number of hydrogen-bond acceptors (Lipinski definition) is 5. The molecule has 1 atom stereocenters. The Morgan fingerprint density at radius 2 is 1.94 bits per heavy atom. The first-order chi connectivity index (χ1) is 17.2. The first kappa shape index (κ1) is 25.7. The van der Waals surface area contributed by atoms with Crippen LogP contribution in [0.25, 0.3) is 0 Å². The number of halogens is 1. The number of thioether (sulfide) groups is 1. The number of aromatic nitrogens is 3. The molecule has 1 fully saturated rings. The maximum absolute atomic E-state index is 12.2. The highest BCUT2D eigenvalue weighted by molar-refractivity contribution is 7.98. The highest BCUT2D eigenvalue weighted by Gasteiger charge is 2.16. The topological polar surface area (TPSA) is 69.0 Å². The minimum Gasteiger partial charge on any atom is -0.376 e. The number of hydrogen-bond donors (Lipinski definition) is 1. The van der Waals surface area contributed by atoms with E-state index in [4.69, 9.17) is 16.3 Å². The molecule has 4 rings (SSSR count). The Morgan fingerprint density at radius 1 is 1.09 bits per heavy atom. The molecule has 1 saturated heterocycles. The minimum atomic E-state index is 0.101. The predicted molar refractivity (Wildman–Crippen MR) is 141 cm³/mol. The van der Waals surface area contributed by atoms with Crippen LogP contribution in [0, 0.1) is 0 Å². The molecule has 1 aliphatic rings. The Morgan fingerprint density at radius 3 is 2.74 bits per heavy atom. The van der Waals surface area contributed by atoms with Crippen LogP contribution >= 0.6 is 23.4 Å². The largest absolute Gasteiger partial charge is 0.376 e. The van der Waals surface area contributed by atoms with Crippen molar-refractivity contribution in [1.29, 1.82) is 0 Å². The van der Waals surface area contributed by atoms with Gasteiger partial charge in [-0.2, -0.15) is 0 Å². The predicted octanol–water partition coefficient (Wildman–Crippen LogP) is 5.47. The first-order valence-electron chi connectivity index (χ1n) is 12.4. The van der Waals surface area contributed by atoms with E-state index in [1.54, 1.807) is 11.8 Å². The molecule has 2 aromatic carbocycles. The van der Waals surface area contributed by atoms with E-state index < -0.39 is 0 Å². The van der Waals surface area contributed by atoms with Crippen LogP contribution in [-0.4, -0.2) is 39.9 Å². The van der Waals surface area contributed by atoms with E-state index in [-0.39, 0.29) is 12.0 Å². The Balaban J connectivity index is 1.30. The van der Waals surface area contributed by atoms with E-state index in [0.29, 0.717) is 13.0 Å². The monoisotopic (exact) mass is 512 g/mol. The second kappa shape index (κ2) is 13.7. The van der Waals surface area contributed by atoms with Crippen molar-refractivity contribution in [2.24, 2.45) is 0 Å². The Labute approximate surface area is 216 Å². The van der Waals surface area contributed by atoms with E-state index in [9.17, 15) is 4.79 Å². The van der Waals surface area contributed by atoms with Crippen molar-refractivity contribution in [3.05, 3.63) is 76.6 Å². The second-order valence-electron chi connectivity index (χ2n) is 8.85. The normalized spacial score (nSPS) is 15.4. The summed E-state index contributed by atoms with van der Waals surface area (Å²) < 4.78 is 7.81. The summed E-state index contributed by atoms with van der Waals surface area (Å²) >= 11 is 7.83. The number of unbranched alkanes of at least 4 members (excludes halogenated alkanes) is 1. The lowest BCUT2D eigenvalue weighted by Gasteiger charge is -2.11. The number of nitrogens with one attached hydrogen (secondary N) is 1. The van der Waals surface area contributed by atoms with Crippen molar-refractivity contribution in [2.45, 2.75) is 68.5 Å². The van der Waals surface area contributed by atoms with Gasteiger partial charge in [-0.1, -0.05) is 65.8 Å². The molecule has 0 aliphatic carbocycles. The van der Waals surface area contributed by atoms with E-state index >= 15 is 0 Å². The highest BCUT2D eigenvalue weighted by atomic mass is 35.5. The van der Waals surface area contributed by atoms with Gasteiger partial charge in [-0.25, -0.2) is 0 Å². The molecule has 1 N–H and O–H groups in total. The van der Waals surface area contributed by atoms with E-state index in [2.05, 4.69) is 50.4 Å². The third kappa shape index (κ3) is 8.37. The quantitative estimate of drug-likeness (QED) is 0.243. The number of ether oxygens (including phenoxy) is 1. The van der Waals surface area contributed by atoms with Gasteiger partial charge in [0, 0.05) is 43.3 Å². The van der Waals surface area contributed by atoms with Crippen LogP contribution in [0.2, 0.25) is 5.02 Å². The van der Waals surface area contributed by atoms with Crippen LogP contribution < -0.4 is 5.32 Å². The number of carbonyl (C=O) groups excluding carboxylic acids is 1. The van der Waals surface area contributed by atoms with Crippen molar-refractivity contribution in [2.75, 3.05) is 13.2 Å². The summed E-state index contributed by atoms with van der Waals surface area (Å²) in [7, 11) is 0. The molecule has 8 heteroatoms. The van der Waals surface area contributed by atoms with E-state index in [1.807, 2.05) is 24.3 Å². The summed E-state index contributed by atoms with van der Waals surface area (Å²) in [5.74, 6) is 1.87. The molecular formula is C27H33ClN4O2S. The van der Waals surface area contributed by atoms with E-state index in [0.717, 1.165) is 79.0 Å². The zero-order valence-corrected chi connectivity index (χ0v) is 21.6. The van der Waals surface area contributed by atoms with Gasteiger partial charge in [-0.05, 0) is 55.4 Å². The van der Waals surface area contributed by atoms with Gasteiger partial charge in [-0.3, -0.25) is 4.79 Å². The minimum absolute atomic E-state index is 0.101. The third-order valence-electron chi connectivity index (χ3n) is 6.12. The van der Waals surface area contributed by atoms with Gasteiger partial charge in [0.25, 0.3) is 0 Å². The highest BCUT2D eigenvalue weighted by Crippen LogP contribution is 2.24. The first-order valence-corrected chi connectivity index (χ1v) is 13.8. The molecule has 3 aromatic rings. The fourth-order valence-corrected chi connectivity index (χ4v) is 5.32. The van der Waals surface area contributed by atoms with Crippen LogP contribution in [0.1, 0.15) is 49.1 Å². The van der Waals surface area contributed by atoms with Gasteiger partial charge in [0.1, 0.15) is 5.82 Å². The molecule has 0 bridgehead atoms. The Kier molecular flexibility index (Phi) is 10.0. The van der Waals surface area contributed by atoms with Gasteiger partial charge >= 0.3 is 0 Å². The summed E-state index contributed by atoms with van der Waals surface area (Å²) in [6.07, 6.45) is 6.29. The summed E-state index contributed by atoms with van der Waals surface area (Å²) in [4.78, 5) is 12.2. The van der Waals surface area contributed by atoms with Gasteiger partial charge in [0.2, 0.25) is 5.91 Å². The number of rotatable bonds is 13. The molecule has 2 heterocycles. The SMILES string of the molecule is O=C(CCCCc1nnc(SCc2cccc(Cl)c2)n1CCc1ccccc1)NCC1CCCO1. The van der Waals surface area contributed by atoms with Crippen molar-refractivity contribution in [3.63, 3.8) is 0 Å². The molecule has 1 unspecified atom stereocenters. The molecule has 0 spiro atoms. The molecule has 1 amide bonds. The average molecular weight is 513 g/mol. The van der Waals surface area contributed by atoms with Crippen LogP contribution in [0.5, 0.6) is 0 Å². The van der Waals surface area contributed by atoms with Crippen molar-refractivity contribution in [1.82, 2.24) is 20.1 Å². The second-order valence-corrected chi connectivity index (χ2v) is 10.2. The van der Waals surface area contributed by atoms with Crippen molar-refractivity contribution in [3.8, 4) is 0 Å². The molecule has 186 valence electrons. The summed E-state index contributed by atoms with van der Waals surface area (Å²) in [6.45, 7) is 2.26. The zero-order valence-electron chi connectivity index (χ0n) is 20.0. The maximum atomic E-state index is 12.2. The lowest BCUT2D eigenvalue weighted by atomic mass is 10.1. The number of nitrogens with zero attached hydrogens (tertiary/aromatic N) is 3. The molecular weight excluding hydrogens is 480 g/mol. The van der Waals surface area contributed by atoms with Crippen LogP contribution in [0.3, 0.4) is 0 Å². The molecule has 35 heavy (non-hydrogen) atoms. The lowest BCUT2D eigenvalue weighted by Crippen LogP contribution is -2.31.